The third-order valence-electron chi connectivity index (χ3n) is 4.48. The number of amides is 1. The largest absolute Gasteiger partial charge is 0.338 e. The van der Waals surface area contributed by atoms with Gasteiger partial charge in [-0.25, -0.2) is 9.97 Å². The van der Waals surface area contributed by atoms with E-state index >= 15 is 0 Å². The zero-order chi connectivity index (χ0) is 16.4. The fourth-order valence-corrected chi connectivity index (χ4v) is 5.05. The fourth-order valence-electron chi connectivity index (χ4n) is 3.05. The lowest BCUT2D eigenvalue weighted by Crippen LogP contribution is -2.48. The van der Waals surface area contributed by atoms with Crippen LogP contribution in [0, 0.1) is 13.8 Å². The molecule has 1 aliphatic rings. The number of nitrogens with two attached hydrogens (primary N) is 1. The molecule has 0 aliphatic carbocycles. The number of carbonyl (C=O) groups is 1. The van der Waals surface area contributed by atoms with Crippen molar-refractivity contribution in [2.45, 2.75) is 44.2 Å². The second kappa shape index (κ2) is 7.15. The van der Waals surface area contributed by atoms with Gasteiger partial charge in [-0.05, 0) is 38.7 Å². The van der Waals surface area contributed by atoms with Crippen LogP contribution < -0.4 is 5.73 Å². The first-order valence-corrected chi connectivity index (χ1v) is 9.75. The standard InChI is InChI=1S/C16H22N4OS2/c1-10-11(2)23-16-14(10)15(18-9-19-16)22-8-13(21)20-6-4-3-5-12(20)7-17/h9,12H,3-8,17H2,1-2H3. The van der Waals surface area contributed by atoms with E-state index < -0.39 is 0 Å². The summed E-state index contributed by atoms with van der Waals surface area (Å²) >= 11 is 3.20. The van der Waals surface area contributed by atoms with Gasteiger partial charge in [-0.1, -0.05) is 11.8 Å². The van der Waals surface area contributed by atoms with Crippen LogP contribution in [0.25, 0.3) is 10.2 Å². The van der Waals surface area contributed by atoms with Crippen LogP contribution in [0.5, 0.6) is 0 Å². The highest BCUT2D eigenvalue weighted by molar-refractivity contribution is 8.00. The maximum absolute atomic E-state index is 12.6. The molecule has 0 spiro atoms. The minimum atomic E-state index is 0.168. The second-order valence-corrected chi connectivity index (χ2v) is 8.07. The van der Waals surface area contributed by atoms with Crippen molar-refractivity contribution < 1.29 is 4.79 Å². The summed E-state index contributed by atoms with van der Waals surface area (Å²) in [6.45, 7) is 5.58. The Kier molecular flexibility index (Phi) is 5.18. The van der Waals surface area contributed by atoms with Gasteiger partial charge >= 0.3 is 0 Å². The molecule has 5 nitrogen and oxygen atoms in total. The van der Waals surface area contributed by atoms with Crippen molar-refractivity contribution in [2.75, 3.05) is 18.8 Å². The van der Waals surface area contributed by atoms with Gasteiger partial charge in [0, 0.05) is 29.4 Å². The Morgan fingerprint density at radius 2 is 2.26 bits per heavy atom. The van der Waals surface area contributed by atoms with E-state index in [-0.39, 0.29) is 11.9 Å². The first kappa shape index (κ1) is 16.7. The first-order chi connectivity index (χ1) is 11.1. The molecule has 3 rings (SSSR count). The van der Waals surface area contributed by atoms with E-state index in [4.69, 9.17) is 5.73 Å². The molecule has 0 radical (unpaired) electrons. The van der Waals surface area contributed by atoms with Crippen LogP contribution in [0.3, 0.4) is 0 Å². The summed E-state index contributed by atoms with van der Waals surface area (Å²) in [6, 6.07) is 0.201. The Balaban J connectivity index is 1.74. The number of hydrogen-bond donors (Lipinski definition) is 1. The van der Waals surface area contributed by atoms with Crippen LogP contribution in [0.2, 0.25) is 0 Å². The monoisotopic (exact) mass is 350 g/mol. The van der Waals surface area contributed by atoms with Crippen molar-refractivity contribution >= 4 is 39.2 Å². The number of piperidine rings is 1. The van der Waals surface area contributed by atoms with E-state index in [1.165, 1.54) is 28.6 Å². The lowest BCUT2D eigenvalue weighted by Gasteiger charge is -2.35. The molecule has 23 heavy (non-hydrogen) atoms. The summed E-state index contributed by atoms with van der Waals surface area (Å²) < 4.78 is 0. The molecule has 1 atom stereocenters. The number of thioether (sulfide) groups is 1. The maximum atomic E-state index is 12.6. The summed E-state index contributed by atoms with van der Waals surface area (Å²) in [4.78, 5) is 25.5. The van der Waals surface area contributed by atoms with Crippen LogP contribution in [-0.2, 0) is 4.79 Å². The Morgan fingerprint density at radius 3 is 3.04 bits per heavy atom. The number of likely N-dealkylation sites (tertiary alicyclic amines) is 1. The Hall–Kier alpha value is -1.18. The van der Waals surface area contributed by atoms with E-state index in [1.807, 2.05) is 4.90 Å². The molecular formula is C16H22N4OS2. The van der Waals surface area contributed by atoms with E-state index in [9.17, 15) is 4.79 Å². The average Bonchev–Trinajstić information content (AvgIpc) is 2.87. The van der Waals surface area contributed by atoms with Gasteiger partial charge in [0.1, 0.15) is 16.2 Å². The van der Waals surface area contributed by atoms with Crippen molar-refractivity contribution in [3.8, 4) is 0 Å². The molecule has 1 saturated heterocycles. The van der Waals surface area contributed by atoms with Gasteiger partial charge in [-0.15, -0.1) is 11.3 Å². The molecule has 0 bridgehead atoms. The average molecular weight is 351 g/mol. The zero-order valence-corrected chi connectivity index (χ0v) is 15.2. The molecule has 0 saturated carbocycles. The Bertz CT molecular complexity index is 715. The summed E-state index contributed by atoms with van der Waals surface area (Å²) in [7, 11) is 0. The summed E-state index contributed by atoms with van der Waals surface area (Å²) in [6.07, 6.45) is 4.85. The molecule has 2 aromatic rings. The Labute approximate surface area is 144 Å². The Morgan fingerprint density at radius 1 is 1.43 bits per heavy atom. The number of nitrogens with zero attached hydrogens (tertiary/aromatic N) is 3. The fraction of sp³-hybridized carbons (Fsp3) is 0.562. The number of rotatable bonds is 4. The minimum Gasteiger partial charge on any atom is -0.338 e. The van der Waals surface area contributed by atoms with Gasteiger partial charge in [0.15, 0.2) is 0 Å². The number of aromatic nitrogens is 2. The molecule has 1 amide bonds. The first-order valence-electron chi connectivity index (χ1n) is 7.95. The van der Waals surface area contributed by atoms with Crippen LogP contribution in [0.1, 0.15) is 29.7 Å². The normalized spacial score (nSPS) is 18.6. The SMILES string of the molecule is Cc1sc2ncnc(SCC(=O)N3CCCCC3CN)c2c1C. The maximum Gasteiger partial charge on any atom is 0.233 e. The lowest BCUT2D eigenvalue weighted by atomic mass is 10.0. The van der Waals surface area contributed by atoms with Gasteiger partial charge in [-0.3, -0.25) is 4.79 Å². The summed E-state index contributed by atoms with van der Waals surface area (Å²) in [5.41, 5.74) is 7.04. The minimum absolute atomic E-state index is 0.168. The number of aryl methyl sites for hydroxylation is 2. The molecule has 3 heterocycles. The van der Waals surface area contributed by atoms with Crippen LogP contribution in [0.15, 0.2) is 11.4 Å². The molecule has 0 aromatic carbocycles. The van der Waals surface area contributed by atoms with Crippen molar-refractivity contribution in [1.82, 2.24) is 14.9 Å². The molecule has 7 heteroatoms. The van der Waals surface area contributed by atoms with Gasteiger partial charge < -0.3 is 10.6 Å². The quantitative estimate of drug-likeness (QED) is 0.678. The second-order valence-electron chi connectivity index (χ2n) is 5.90. The highest BCUT2D eigenvalue weighted by Gasteiger charge is 2.25. The summed E-state index contributed by atoms with van der Waals surface area (Å²) in [5, 5.41) is 2.01. The van der Waals surface area contributed by atoms with Crippen molar-refractivity contribution in [2.24, 2.45) is 5.73 Å². The predicted molar refractivity (Wildman–Crippen MR) is 96.0 cm³/mol. The van der Waals surface area contributed by atoms with Crippen molar-refractivity contribution in [3.05, 3.63) is 16.8 Å². The van der Waals surface area contributed by atoms with E-state index in [0.29, 0.717) is 12.3 Å². The van der Waals surface area contributed by atoms with Crippen molar-refractivity contribution in [1.29, 1.82) is 0 Å². The van der Waals surface area contributed by atoms with Crippen molar-refractivity contribution in [3.63, 3.8) is 0 Å². The zero-order valence-electron chi connectivity index (χ0n) is 13.5. The highest BCUT2D eigenvalue weighted by atomic mass is 32.2. The number of hydrogen-bond acceptors (Lipinski definition) is 6. The van der Waals surface area contributed by atoms with E-state index in [1.54, 1.807) is 17.7 Å². The van der Waals surface area contributed by atoms with Gasteiger partial charge in [0.25, 0.3) is 0 Å². The van der Waals surface area contributed by atoms with Crippen LogP contribution >= 0.6 is 23.1 Å². The van der Waals surface area contributed by atoms with E-state index in [0.717, 1.165) is 34.6 Å². The van der Waals surface area contributed by atoms with E-state index in [2.05, 4.69) is 23.8 Å². The topological polar surface area (TPSA) is 72.1 Å². The highest BCUT2D eigenvalue weighted by Crippen LogP contribution is 2.34. The molecular weight excluding hydrogens is 328 g/mol. The molecule has 1 aliphatic heterocycles. The third-order valence-corrected chi connectivity index (χ3v) is 6.57. The number of fused-ring (bicyclic) bond motifs is 1. The number of thiophene rings is 1. The molecule has 1 unspecified atom stereocenters. The summed E-state index contributed by atoms with van der Waals surface area (Å²) in [5.74, 6) is 0.582. The molecule has 2 aromatic heterocycles. The molecule has 124 valence electrons. The lowest BCUT2D eigenvalue weighted by molar-refractivity contribution is -0.131. The van der Waals surface area contributed by atoms with Gasteiger partial charge in [-0.2, -0.15) is 0 Å². The number of carbonyl (C=O) groups excluding carboxylic acids is 1. The van der Waals surface area contributed by atoms with Crippen LogP contribution in [-0.4, -0.2) is 45.7 Å². The molecule has 1 fully saturated rings. The molecule has 2 N–H and O–H groups in total. The smallest absolute Gasteiger partial charge is 0.233 e. The van der Waals surface area contributed by atoms with Gasteiger partial charge in [0.2, 0.25) is 5.91 Å². The van der Waals surface area contributed by atoms with Crippen LogP contribution in [0.4, 0.5) is 0 Å². The third kappa shape index (κ3) is 3.36. The predicted octanol–water partition coefficient (Wildman–Crippen LogP) is 2.74. The van der Waals surface area contributed by atoms with Gasteiger partial charge in [0.05, 0.1) is 5.75 Å².